The molecule has 0 saturated heterocycles. The minimum absolute atomic E-state index is 0.204. The summed E-state index contributed by atoms with van der Waals surface area (Å²) >= 11 is 16.7. The molecule has 0 aliphatic heterocycles. The van der Waals surface area contributed by atoms with Crippen molar-refractivity contribution in [1.29, 1.82) is 0 Å². The second-order valence-electron chi connectivity index (χ2n) is 3.40. The Morgan fingerprint density at radius 3 is 2.61 bits per heavy atom. The molecule has 2 rings (SSSR count). The largest absolute Gasteiger partial charge is 0.388 e. The number of halogens is 2. The SMILES string of the molecule is NC(=S)c1cnc(Nc2cc(Cl)ccc2Cl)cn1. The van der Waals surface area contributed by atoms with Gasteiger partial charge in [0.25, 0.3) is 0 Å². The van der Waals surface area contributed by atoms with Crippen LogP contribution in [0.2, 0.25) is 10.0 Å². The minimum atomic E-state index is 0.204. The van der Waals surface area contributed by atoms with Gasteiger partial charge in [0, 0.05) is 5.02 Å². The van der Waals surface area contributed by atoms with Crippen molar-refractivity contribution in [2.24, 2.45) is 5.73 Å². The Labute approximate surface area is 119 Å². The zero-order valence-electron chi connectivity index (χ0n) is 9.02. The highest BCUT2D eigenvalue weighted by Gasteiger charge is 2.04. The summed E-state index contributed by atoms with van der Waals surface area (Å²) in [5.41, 5.74) is 6.55. The summed E-state index contributed by atoms with van der Waals surface area (Å²) in [5.74, 6) is 0.527. The predicted octanol–water partition coefficient (Wildman–Crippen LogP) is 3.16. The number of rotatable bonds is 3. The first-order chi connectivity index (χ1) is 8.56. The molecule has 2 aromatic rings. The first kappa shape index (κ1) is 13.0. The van der Waals surface area contributed by atoms with E-state index in [4.69, 9.17) is 41.2 Å². The summed E-state index contributed by atoms with van der Waals surface area (Å²) in [5, 5.41) is 4.12. The smallest absolute Gasteiger partial charge is 0.148 e. The normalized spacial score (nSPS) is 10.1. The Morgan fingerprint density at radius 1 is 1.22 bits per heavy atom. The average molecular weight is 299 g/mol. The molecule has 1 aromatic carbocycles. The Bertz CT molecular complexity index is 586. The quantitative estimate of drug-likeness (QED) is 0.852. The Morgan fingerprint density at radius 2 is 2.00 bits per heavy atom. The third-order valence-corrected chi connectivity index (χ3v) is 2.87. The van der Waals surface area contributed by atoms with Gasteiger partial charge in [-0.05, 0) is 18.2 Å². The van der Waals surface area contributed by atoms with Crippen LogP contribution < -0.4 is 11.1 Å². The second kappa shape index (κ2) is 5.48. The van der Waals surface area contributed by atoms with Gasteiger partial charge in [-0.3, -0.25) is 0 Å². The highest BCUT2D eigenvalue weighted by Crippen LogP contribution is 2.27. The Kier molecular flexibility index (Phi) is 3.96. The molecule has 92 valence electrons. The number of nitrogens with one attached hydrogen (secondary N) is 1. The summed E-state index contributed by atoms with van der Waals surface area (Å²) in [6.45, 7) is 0. The number of nitrogens with zero attached hydrogens (tertiary/aromatic N) is 2. The average Bonchev–Trinajstić information content (AvgIpc) is 2.34. The van der Waals surface area contributed by atoms with Crippen LogP contribution in [0.5, 0.6) is 0 Å². The molecule has 0 radical (unpaired) electrons. The summed E-state index contributed by atoms with van der Waals surface area (Å²) in [4.78, 5) is 8.39. The predicted molar refractivity (Wildman–Crippen MR) is 77.7 cm³/mol. The molecule has 1 aromatic heterocycles. The van der Waals surface area contributed by atoms with Crippen molar-refractivity contribution in [3.05, 3.63) is 46.3 Å². The van der Waals surface area contributed by atoms with Crippen LogP contribution in [0.1, 0.15) is 5.69 Å². The molecular weight excluding hydrogens is 291 g/mol. The van der Waals surface area contributed by atoms with Gasteiger partial charge in [0.2, 0.25) is 0 Å². The molecule has 0 saturated carbocycles. The first-order valence-corrected chi connectivity index (χ1v) is 6.06. The lowest BCUT2D eigenvalue weighted by Gasteiger charge is -2.07. The number of benzene rings is 1. The molecule has 0 atom stereocenters. The highest BCUT2D eigenvalue weighted by molar-refractivity contribution is 7.80. The van der Waals surface area contributed by atoms with E-state index < -0.39 is 0 Å². The molecule has 7 heteroatoms. The van der Waals surface area contributed by atoms with Crippen molar-refractivity contribution >= 4 is 51.9 Å². The lowest BCUT2D eigenvalue weighted by molar-refractivity contribution is 1.18. The maximum Gasteiger partial charge on any atom is 0.148 e. The fourth-order valence-electron chi connectivity index (χ4n) is 1.25. The summed E-state index contributed by atoms with van der Waals surface area (Å²) < 4.78 is 0. The standard InChI is InChI=1S/C11H8Cl2N4S/c12-6-1-2-7(13)8(3-6)17-10-5-15-9(4-16-10)11(14)18/h1-5H,(H2,14,18)(H,16,17). The maximum atomic E-state index is 6.02. The van der Waals surface area contributed by atoms with Gasteiger partial charge in [0.15, 0.2) is 0 Å². The fourth-order valence-corrected chi connectivity index (χ4v) is 1.69. The van der Waals surface area contributed by atoms with Crippen LogP contribution >= 0.6 is 35.4 Å². The zero-order valence-corrected chi connectivity index (χ0v) is 11.4. The van der Waals surface area contributed by atoms with E-state index in [-0.39, 0.29) is 4.99 Å². The van der Waals surface area contributed by atoms with E-state index in [0.29, 0.717) is 27.2 Å². The van der Waals surface area contributed by atoms with Crippen molar-refractivity contribution in [1.82, 2.24) is 9.97 Å². The third kappa shape index (κ3) is 3.07. The van der Waals surface area contributed by atoms with Gasteiger partial charge in [-0.1, -0.05) is 35.4 Å². The van der Waals surface area contributed by atoms with E-state index in [2.05, 4.69) is 15.3 Å². The van der Waals surface area contributed by atoms with Gasteiger partial charge in [0.05, 0.1) is 23.1 Å². The van der Waals surface area contributed by atoms with E-state index in [0.717, 1.165) is 0 Å². The van der Waals surface area contributed by atoms with Crippen LogP contribution in [0.25, 0.3) is 0 Å². The molecule has 0 amide bonds. The van der Waals surface area contributed by atoms with Gasteiger partial charge in [-0.15, -0.1) is 0 Å². The molecule has 0 aliphatic carbocycles. The topological polar surface area (TPSA) is 63.8 Å². The number of thiocarbonyl (C=S) groups is 1. The van der Waals surface area contributed by atoms with Gasteiger partial charge in [-0.25, -0.2) is 9.97 Å². The molecule has 4 nitrogen and oxygen atoms in total. The van der Waals surface area contributed by atoms with Crippen molar-refractivity contribution in [2.75, 3.05) is 5.32 Å². The summed E-state index contributed by atoms with van der Waals surface area (Å²) in [6, 6.07) is 5.10. The zero-order chi connectivity index (χ0) is 13.1. The molecule has 0 unspecified atom stereocenters. The molecular formula is C11H8Cl2N4S. The van der Waals surface area contributed by atoms with E-state index in [9.17, 15) is 0 Å². The van der Waals surface area contributed by atoms with Gasteiger partial charge >= 0.3 is 0 Å². The number of anilines is 2. The molecule has 0 bridgehead atoms. The van der Waals surface area contributed by atoms with Crippen LogP contribution in [-0.2, 0) is 0 Å². The lowest BCUT2D eigenvalue weighted by Crippen LogP contribution is -2.12. The maximum absolute atomic E-state index is 6.02. The second-order valence-corrected chi connectivity index (χ2v) is 4.68. The first-order valence-electron chi connectivity index (χ1n) is 4.90. The highest BCUT2D eigenvalue weighted by atomic mass is 35.5. The van der Waals surface area contributed by atoms with Crippen LogP contribution in [-0.4, -0.2) is 15.0 Å². The summed E-state index contributed by atoms with van der Waals surface area (Å²) in [7, 11) is 0. The number of nitrogens with two attached hydrogens (primary N) is 1. The van der Waals surface area contributed by atoms with Gasteiger partial charge < -0.3 is 11.1 Å². The number of hydrogen-bond donors (Lipinski definition) is 2. The van der Waals surface area contributed by atoms with Crippen LogP contribution in [0.15, 0.2) is 30.6 Å². The Hall–Kier alpha value is -1.43. The molecule has 0 spiro atoms. The van der Waals surface area contributed by atoms with Gasteiger partial charge in [-0.2, -0.15) is 0 Å². The van der Waals surface area contributed by atoms with E-state index >= 15 is 0 Å². The van der Waals surface area contributed by atoms with Crippen molar-refractivity contribution in [2.45, 2.75) is 0 Å². The fraction of sp³-hybridized carbons (Fsp3) is 0. The molecule has 1 heterocycles. The molecule has 0 fully saturated rings. The lowest BCUT2D eigenvalue weighted by atomic mass is 10.3. The number of aromatic nitrogens is 2. The molecule has 18 heavy (non-hydrogen) atoms. The van der Waals surface area contributed by atoms with Crippen LogP contribution in [0.3, 0.4) is 0 Å². The van der Waals surface area contributed by atoms with Crippen molar-refractivity contribution in [3.8, 4) is 0 Å². The minimum Gasteiger partial charge on any atom is -0.388 e. The van der Waals surface area contributed by atoms with Crippen molar-refractivity contribution in [3.63, 3.8) is 0 Å². The van der Waals surface area contributed by atoms with Crippen LogP contribution in [0.4, 0.5) is 11.5 Å². The monoisotopic (exact) mass is 298 g/mol. The number of hydrogen-bond acceptors (Lipinski definition) is 4. The van der Waals surface area contributed by atoms with Gasteiger partial charge in [0.1, 0.15) is 16.5 Å². The van der Waals surface area contributed by atoms with E-state index in [1.807, 2.05) is 0 Å². The van der Waals surface area contributed by atoms with E-state index in [1.54, 1.807) is 18.2 Å². The molecule has 3 N–H and O–H groups in total. The van der Waals surface area contributed by atoms with Crippen LogP contribution in [0, 0.1) is 0 Å². The van der Waals surface area contributed by atoms with Crippen molar-refractivity contribution < 1.29 is 0 Å². The third-order valence-electron chi connectivity index (χ3n) is 2.10. The Balaban J connectivity index is 2.23. The summed E-state index contributed by atoms with van der Waals surface area (Å²) in [6.07, 6.45) is 3.01. The van der Waals surface area contributed by atoms with E-state index in [1.165, 1.54) is 12.4 Å². The molecule has 0 aliphatic rings.